The minimum atomic E-state index is -3.61. The SMILES string of the molecule is Cc1cc(N(CCC#N)S(C)(=O)=O)ccc1C=Nc1ccc(C(=O)NN2C(c3cc([N+](=O)[O-])ccc3Cl)=NC(=O)/C2=C/c2ccc(N(CCC#N)CCC#N)cc2C)cc1. The zero-order valence-electron chi connectivity index (χ0n) is 32.7. The van der Waals surface area contributed by atoms with Crippen LogP contribution in [0.25, 0.3) is 6.08 Å². The Labute approximate surface area is 351 Å². The van der Waals surface area contributed by atoms with Crippen molar-refractivity contribution in [3.63, 3.8) is 0 Å². The quantitative estimate of drug-likeness (QED) is 0.0527. The van der Waals surface area contributed by atoms with Crippen LogP contribution in [0.15, 0.2) is 94.5 Å². The van der Waals surface area contributed by atoms with Gasteiger partial charge in [0.25, 0.3) is 17.5 Å². The van der Waals surface area contributed by atoms with Gasteiger partial charge in [-0.05, 0) is 96.8 Å². The van der Waals surface area contributed by atoms with Crippen LogP contribution in [0.1, 0.15) is 57.4 Å². The molecular weight excluding hydrogens is 808 g/mol. The molecular formula is C42H37ClN10O6S. The fraction of sp³-hybridized carbons (Fsp3) is 0.214. The number of benzene rings is 4. The number of carbonyl (C=O) groups excluding carboxylic acids is 2. The highest BCUT2D eigenvalue weighted by Crippen LogP contribution is 2.30. The number of nitro benzene ring substituents is 1. The fourth-order valence-electron chi connectivity index (χ4n) is 6.14. The van der Waals surface area contributed by atoms with Gasteiger partial charge in [-0.1, -0.05) is 23.7 Å². The number of nitrogens with one attached hydrogen (secondary N) is 1. The maximum Gasteiger partial charge on any atom is 0.297 e. The first-order valence-electron chi connectivity index (χ1n) is 18.2. The largest absolute Gasteiger partial charge is 0.369 e. The van der Waals surface area contributed by atoms with Gasteiger partial charge in [-0.15, -0.1) is 0 Å². The van der Waals surface area contributed by atoms with E-state index >= 15 is 0 Å². The number of sulfonamides is 1. The molecule has 0 aliphatic carbocycles. The van der Waals surface area contributed by atoms with Crippen molar-refractivity contribution in [1.82, 2.24) is 10.4 Å². The van der Waals surface area contributed by atoms with Crippen LogP contribution in [-0.2, 0) is 14.8 Å². The van der Waals surface area contributed by atoms with Gasteiger partial charge >= 0.3 is 0 Å². The third-order valence-electron chi connectivity index (χ3n) is 9.24. The lowest BCUT2D eigenvalue weighted by Crippen LogP contribution is -2.44. The van der Waals surface area contributed by atoms with Gasteiger partial charge in [0.05, 0.1) is 65.0 Å². The number of rotatable bonds is 16. The summed E-state index contributed by atoms with van der Waals surface area (Å²) in [6, 6.07) is 26.5. The summed E-state index contributed by atoms with van der Waals surface area (Å²) in [5.74, 6) is -1.55. The number of aliphatic imine (C=N–C) groups is 2. The van der Waals surface area contributed by atoms with E-state index in [9.17, 15) is 28.1 Å². The molecule has 0 saturated heterocycles. The van der Waals surface area contributed by atoms with E-state index in [1.807, 2.05) is 24.0 Å². The number of halogens is 1. The summed E-state index contributed by atoms with van der Waals surface area (Å²) in [6.07, 6.45) is 4.74. The lowest BCUT2D eigenvalue weighted by Gasteiger charge is -2.24. The molecule has 0 spiro atoms. The zero-order chi connectivity index (χ0) is 43.6. The number of amides is 2. The van der Waals surface area contributed by atoms with Crippen molar-refractivity contribution in [3.05, 3.63) is 133 Å². The summed E-state index contributed by atoms with van der Waals surface area (Å²) in [5, 5.41) is 40.1. The van der Waals surface area contributed by atoms with Gasteiger partial charge in [0.2, 0.25) is 10.0 Å². The molecule has 0 unspecified atom stereocenters. The molecule has 1 N–H and O–H groups in total. The standard InChI is InChI=1S/C42H37ClN10O6S/c1-28-23-34(50(20-4-17-44)21-5-18-45)13-9-31(28)25-39-42(55)48-40(37-26-36(53(56)57)15-16-38(37)43)52(39)49-41(54)30-7-11-33(12-8-30)47-27-32-10-14-35(24-29(32)2)51(22-6-19-46)60(3,58)59/h7-16,23-27H,4-6,20-22H2,1-3H3,(H,49,54)/b39-25-,47-27?. The molecule has 1 aliphatic heterocycles. The first kappa shape index (κ1) is 43.7. The molecule has 60 heavy (non-hydrogen) atoms. The molecule has 1 heterocycles. The smallest absolute Gasteiger partial charge is 0.297 e. The number of anilines is 2. The Kier molecular flexibility index (Phi) is 14.1. The molecule has 16 nitrogen and oxygen atoms in total. The van der Waals surface area contributed by atoms with Crippen LogP contribution in [0.3, 0.4) is 0 Å². The predicted molar refractivity (Wildman–Crippen MR) is 228 cm³/mol. The first-order chi connectivity index (χ1) is 28.6. The van der Waals surface area contributed by atoms with Crippen LogP contribution in [0.2, 0.25) is 5.02 Å². The van der Waals surface area contributed by atoms with E-state index in [4.69, 9.17) is 27.4 Å². The molecule has 304 valence electrons. The molecule has 0 aromatic heterocycles. The van der Waals surface area contributed by atoms with E-state index < -0.39 is 26.8 Å². The second kappa shape index (κ2) is 19.4. The average Bonchev–Trinajstić information content (AvgIpc) is 3.51. The van der Waals surface area contributed by atoms with Crippen LogP contribution in [0.4, 0.5) is 22.7 Å². The van der Waals surface area contributed by atoms with Crippen molar-refractivity contribution in [1.29, 1.82) is 15.8 Å². The van der Waals surface area contributed by atoms with Crippen molar-refractivity contribution in [3.8, 4) is 18.2 Å². The monoisotopic (exact) mass is 844 g/mol. The summed E-state index contributed by atoms with van der Waals surface area (Å²) in [6.45, 7) is 4.47. The number of aryl methyl sites for hydroxylation is 2. The maximum absolute atomic E-state index is 13.8. The molecule has 0 atom stereocenters. The molecule has 4 aromatic carbocycles. The van der Waals surface area contributed by atoms with Gasteiger partial charge in [-0.2, -0.15) is 20.8 Å². The summed E-state index contributed by atoms with van der Waals surface area (Å²) >= 11 is 6.49. The summed E-state index contributed by atoms with van der Waals surface area (Å²) in [4.78, 5) is 49.1. The second-order valence-corrected chi connectivity index (χ2v) is 15.7. The minimum absolute atomic E-state index is 0.0220. The number of hydrogen-bond acceptors (Lipinski definition) is 12. The Bertz CT molecular complexity index is 2660. The summed E-state index contributed by atoms with van der Waals surface area (Å²) in [5.41, 5.74) is 6.97. The lowest BCUT2D eigenvalue weighted by atomic mass is 10.1. The predicted octanol–water partition coefficient (Wildman–Crippen LogP) is 6.90. The lowest BCUT2D eigenvalue weighted by molar-refractivity contribution is -0.384. The van der Waals surface area contributed by atoms with E-state index in [0.717, 1.165) is 34.1 Å². The van der Waals surface area contributed by atoms with Gasteiger partial charge in [0.15, 0.2) is 5.84 Å². The summed E-state index contributed by atoms with van der Waals surface area (Å²) in [7, 11) is -3.61. The number of nitriles is 3. The Hall–Kier alpha value is -7.39. The van der Waals surface area contributed by atoms with E-state index in [1.165, 1.54) is 34.6 Å². The van der Waals surface area contributed by atoms with Crippen molar-refractivity contribution in [2.24, 2.45) is 9.98 Å². The third kappa shape index (κ3) is 10.6. The van der Waals surface area contributed by atoms with Gasteiger partial charge in [-0.3, -0.25) is 34.4 Å². The number of nitro groups is 1. The van der Waals surface area contributed by atoms with Crippen LogP contribution in [-0.4, -0.2) is 68.1 Å². The first-order valence-corrected chi connectivity index (χ1v) is 20.5. The van der Waals surface area contributed by atoms with Crippen molar-refractivity contribution >= 4 is 74.3 Å². The molecule has 18 heteroatoms. The summed E-state index contributed by atoms with van der Waals surface area (Å²) < 4.78 is 25.8. The van der Waals surface area contributed by atoms with Crippen LogP contribution in [0, 0.1) is 58.0 Å². The minimum Gasteiger partial charge on any atom is -0.369 e. The van der Waals surface area contributed by atoms with E-state index in [0.29, 0.717) is 35.6 Å². The highest BCUT2D eigenvalue weighted by molar-refractivity contribution is 7.92. The second-order valence-electron chi connectivity index (χ2n) is 13.4. The Balaban J connectivity index is 1.43. The van der Waals surface area contributed by atoms with Gasteiger partial charge < -0.3 is 4.90 Å². The van der Waals surface area contributed by atoms with Gasteiger partial charge in [0, 0.05) is 54.8 Å². The van der Waals surface area contributed by atoms with Crippen LogP contribution < -0.4 is 14.6 Å². The Morgan fingerprint density at radius 3 is 2.10 bits per heavy atom. The molecule has 0 fully saturated rings. The Morgan fingerprint density at radius 1 is 0.900 bits per heavy atom. The van der Waals surface area contributed by atoms with Crippen LogP contribution >= 0.6 is 11.6 Å². The fourth-order valence-corrected chi connectivity index (χ4v) is 7.27. The molecule has 0 bridgehead atoms. The molecule has 0 radical (unpaired) electrons. The number of hydrogen-bond donors (Lipinski definition) is 1. The van der Waals surface area contributed by atoms with Gasteiger partial charge in [0.1, 0.15) is 5.70 Å². The highest BCUT2D eigenvalue weighted by atomic mass is 35.5. The Morgan fingerprint density at radius 2 is 1.50 bits per heavy atom. The molecule has 0 saturated carbocycles. The number of hydrazine groups is 1. The van der Waals surface area contributed by atoms with Gasteiger partial charge in [-0.25, -0.2) is 13.4 Å². The van der Waals surface area contributed by atoms with E-state index in [1.54, 1.807) is 55.6 Å². The number of carbonyl (C=O) groups is 2. The number of non-ortho nitro benzene ring substituents is 1. The topological polar surface area (TPSA) is 229 Å². The highest BCUT2D eigenvalue weighted by Gasteiger charge is 2.34. The van der Waals surface area contributed by atoms with Crippen molar-refractivity contribution in [2.45, 2.75) is 33.1 Å². The molecule has 2 amide bonds. The molecule has 1 aliphatic rings. The van der Waals surface area contributed by atoms with Crippen molar-refractivity contribution < 1.29 is 22.9 Å². The molecule has 5 rings (SSSR count). The molecule has 4 aromatic rings. The number of amidine groups is 1. The average molecular weight is 845 g/mol. The van der Waals surface area contributed by atoms with Crippen molar-refractivity contribution in [2.75, 3.05) is 35.1 Å². The maximum atomic E-state index is 13.8. The van der Waals surface area contributed by atoms with E-state index in [2.05, 4.69) is 27.5 Å². The number of nitrogens with zero attached hydrogens (tertiary/aromatic N) is 9. The van der Waals surface area contributed by atoms with Crippen LogP contribution in [0.5, 0.6) is 0 Å². The zero-order valence-corrected chi connectivity index (χ0v) is 34.2. The van der Waals surface area contributed by atoms with E-state index in [-0.39, 0.29) is 59.2 Å². The normalized spacial score (nSPS) is 13.1. The third-order valence-corrected chi connectivity index (χ3v) is 10.8.